The Balaban J connectivity index is 2.62. The fraction of sp³-hybridized carbons (Fsp3) is 0.455. The van der Waals surface area contributed by atoms with E-state index in [1.54, 1.807) is 12.1 Å². The minimum atomic E-state index is -0.447. The van der Waals surface area contributed by atoms with Crippen LogP contribution in [0.4, 0.5) is 5.69 Å². The summed E-state index contributed by atoms with van der Waals surface area (Å²) in [7, 11) is 0. The van der Waals surface area contributed by atoms with Crippen LogP contribution in [0.25, 0.3) is 0 Å². The van der Waals surface area contributed by atoms with Gasteiger partial charge in [-0.2, -0.15) is 0 Å². The van der Waals surface area contributed by atoms with Crippen LogP contribution in [0.3, 0.4) is 0 Å². The monoisotopic (exact) mass is 302 g/mol. The van der Waals surface area contributed by atoms with Gasteiger partial charge in [-0.25, -0.2) is 0 Å². The highest BCUT2D eigenvalue weighted by Gasteiger charge is 2.14. The van der Waals surface area contributed by atoms with Crippen molar-refractivity contribution in [1.29, 1.82) is 0 Å². The van der Waals surface area contributed by atoms with Crippen LogP contribution in [0, 0.1) is 10.1 Å². The third kappa shape index (κ3) is 4.70. The summed E-state index contributed by atoms with van der Waals surface area (Å²) in [4.78, 5) is 10.3. The molecule has 0 aromatic heterocycles. The van der Waals surface area contributed by atoms with E-state index < -0.39 is 4.92 Å². The molecule has 0 radical (unpaired) electrons. The van der Waals surface area contributed by atoms with Crippen molar-refractivity contribution < 1.29 is 9.66 Å². The summed E-state index contributed by atoms with van der Waals surface area (Å²) in [5, 5.41) is 13.9. The van der Waals surface area contributed by atoms with Crippen LogP contribution in [0.2, 0.25) is 0 Å². The molecule has 1 rings (SSSR count). The van der Waals surface area contributed by atoms with E-state index in [1.165, 1.54) is 6.07 Å². The molecular formula is C11H15BrN2O3. The van der Waals surface area contributed by atoms with Crippen molar-refractivity contribution in [2.24, 2.45) is 0 Å². The number of nitro benzene ring substituents is 1. The molecule has 94 valence electrons. The maximum absolute atomic E-state index is 10.8. The summed E-state index contributed by atoms with van der Waals surface area (Å²) in [5.74, 6) is 0.287. The van der Waals surface area contributed by atoms with Gasteiger partial charge >= 0.3 is 5.69 Å². The zero-order chi connectivity index (χ0) is 12.8. The number of ether oxygens (including phenoxy) is 1. The normalized spacial score (nSPS) is 10.6. The Labute approximate surface area is 108 Å². The number of nitrogens with one attached hydrogen (secondary N) is 1. The highest BCUT2D eigenvalue weighted by Crippen LogP contribution is 2.29. The lowest BCUT2D eigenvalue weighted by Crippen LogP contribution is -2.27. The van der Waals surface area contributed by atoms with Crippen LogP contribution in [0.5, 0.6) is 5.75 Å². The van der Waals surface area contributed by atoms with Crippen molar-refractivity contribution in [3.05, 3.63) is 32.8 Å². The maximum atomic E-state index is 10.8. The highest BCUT2D eigenvalue weighted by molar-refractivity contribution is 9.10. The topological polar surface area (TPSA) is 64.4 Å². The van der Waals surface area contributed by atoms with Crippen molar-refractivity contribution in [2.45, 2.75) is 19.9 Å². The average molecular weight is 303 g/mol. The Bertz CT molecular complexity index is 396. The molecular weight excluding hydrogens is 288 g/mol. The van der Waals surface area contributed by atoms with Crippen LogP contribution in [0.1, 0.15) is 13.8 Å². The van der Waals surface area contributed by atoms with E-state index in [0.29, 0.717) is 19.2 Å². The summed E-state index contributed by atoms with van der Waals surface area (Å²) in [6.45, 7) is 5.11. The van der Waals surface area contributed by atoms with Gasteiger partial charge in [0.15, 0.2) is 5.75 Å². The quantitative estimate of drug-likeness (QED) is 0.498. The molecule has 0 bridgehead atoms. The molecule has 0 aliphatic carbocycles. The van der Waals surface area contributed by atoms with Gasteiger partial charge in [0.1, 0.15) is 6.61 Å². The number of nitrogens with zero attached hydrogens (tertiary/aromatic N) is 1. The van der Waals surface area contributed by atoms with Gasteiger partial charge in [-0.3, -0.25) is 10.1 Å². The minimum absolute atomic E-state index is 0.0160. The molecule has 0 atom stereocenters. The predicted molar refractivity (Wildman–Crippen MR) is 69.4 cm³/mol. The Morgan fingerprint density at radius 3 is 2.82 bits per heavy atom. The van der Waals surface area contributed by atoms with Crippen LogP contribution in [0.15, 0.2) is 22.7 Å². The number of nitro groups is 1. The van der Waals surface area contributed by atoms with E-state index >= 15 is 0 Å². The first-order valence-electron chi connectivity index (χ1n) is 5.31. The van der Waals surface area contributed by atoms with E-state index in [1.807, 2.05) is 13.8 Å². The Hall–Kier alpha value is -1.14. The molecule has 1 N–H and O–H groups in total. The van der Waals surface area contributed by atoms with Gasteiger partial charge in [0.05, 0.1) is 4.92 Å². The molecule has 0 unspecified atom stereocenters. The molecule has 0 saturated carbocycles. The predicted octanol–water partition coefficient (Wildman–Crippen LogP) is 2.73. The Kier molecular flexibility index (Phi) is 5.37. The summed E-state index contributed by atoms with van der Waals surface area (Å²) in [5.41, 5.74) is -0.0160. The molecule has 0 spiro atoms. The molecule has 0 heterocycles. The van der Waals surface area contributed by atoms with E-state index in [2.05, 4.69) is 21.2 Å². The van der Waals surface area contributed by atoms with Crippen molar-refractivity contribution >= 4 is 21.6 Å². The van der Waals surface area contributed by atoms with Gasteiger partial charge in [-0.05, 0) is 6.07 Å². The van der Waals surface area contributed by atoms with Crippen LogP contribution in [-0.4, -0.2) is 24.1 Å². The minimum Gasteiger partial charge on any atom is -0.485 e. The molecule has 1 aromatic rings. The smallest absolute Gasteiger partial charge is 0.310 e. The van der Waals surface area contributed by atoms with E-state index in [0.717, 1.165) is 4.47 Å². The fourth-order valence-electron chi connectivity index (χ4n) is 1.26. The lowest BCUT2D eigenvalue weighted by atomic mass is 10.3. The number of halogens is 1. The summed E-state index contributed by atoms with van der Waals surface area (Å²) < 4.78 is 6.15. The van der Waals surface area contributed by atoms with Gasteiger partial charge in [0.25, 0.3) is 0 Å². The second kappa shape index (κ2) is 6.56. The number of hydrogen-bond donors (Lipinski definition) is 1. The van der Waals surface area contributed by atoms with E-state index in [9.17, 15) is 10.1 Å². The molecule has 17 heavy (non-hydrogen) atoms. The second-order valence-electron chi connectivity index (χ2n) is 3.83. The maximum Gasteiger partial charge on any atom is 0.310 e. The molecule has 1 aromatic carbocycles. The van der Waals surface area contributed by atoms with Gasteiger partial charge in [-0.15, -0.1) is 0 Å². The van der Waals surface area contributed by atoms with Gasteiger partial charge in [-0.1, -0.05) is 29.8 Å². The molecule has 0 fully saturated rings. The Morgan fingerprint density at radius 1 is 1.53 bits per heavy atom. The lowest BCUT2D eigenvalue weighted by molar-refractivity contribution is -0.385. The van der Waals surface area contributed by atoms with Crippen molar-refractivity contribution in [3.8, 4) is 5.75 Å². The zero-order valence-electron chi connectivity index (χ0n) is 9.77. The number of hydrogen-bond acceptors (Lipinski definition) is 4. The third-order valence-electron chi connectivity index (χ3n) is 2.03. The first-order valence-corrected chi connectivity index (χ1v) is 6.10. The first kappa shape index (κ1) is 13.9. The summed E-state index contributed by atoms with van der Waals surface area (Å²) in [6, 6.07) is 5.02. The van der Waals surface area contributed by atoms with Crippen LogP contribution < -0.4 is 10.1 Å². The number of rotatable bonds is 6. The van der Waals surface area contributed by atoms with Gasteiger partial charge in [0, 0.05) is 29.2 Å². The van der Waals surface area contributed by atoms with Gasteiger partial charge < -0.3 is 10.1 Å². The van der Waals surface area contributed by atoms with Crippen LogP contribution >= 0.6 is 15.9 Å². The van der Waals surface area contributed by atoms with Crippen molar-refractivity contribution in [2.75, 3.05) is 13.2 Å². The SMILES string of the molecule is CC(C)NCCOc1cc(Br)ccc1[N+](=O)[O-]. The molecule has 5 nitrogen and oxygen atoms in total. The standard InChI is InChI=1S/C11H15BrN2O3/c1-8(2)13-5-6-17-11-7-9(12)3-4-10(11)14(15)16/h3-4,7-8,13H,5-6H2,1-2H3. The molecule has 0 amide bonds. The largest absolute Gasteiger partial charge is 0.485 e. The third-order valence-corrected chi connectivity index (χ3v) is 2.52. The van der Waals surface area contributed by atoms with Gasteiger partial charge in [0.2, 0.25) is 0 Å². The fourth-order valence-corrected chi connectivity index (χ4v) is 1.60. The molecule has 6 heteroatoms. The van der Waals surface area contributed by atoms with E-state index in [-0.39, 0.29) is 11.4 Å². The highest BCUT2D eigenvalue weighted by atomic mass is 79.9. The zero-order valence-corrected chi connectivity index (χ0v) is 11.4. The summed E-state index contributed by atoms with van der Waals surface area (Å²) in [6.07, 6.45) is 0. The first-order chi connectivity index (χ1) is 8.00. The second-order valence-corrected chi connectivity index (χ2v) is 4.74. The van der Waals surface area contributed by atoms with Crippen LogP contribution in [-0.2, 0) is 0 Å². The lowest BCUT2D eigenvalue weighted by Gasteiger charge is -2.10. The molecule has 0 aliphatic rings. The Morgan fingerprint density at radius 2 is 2.24 bits per heavy atom. The van der Waals surface area contributed by atoms with E-state index in [4.69, 9.17) is 4.74 Å². The van der Waals surface area contributed by atoms with Crippen molar-refractivity contribution in [3.63, 3.8) is 0 Å². The number of benzene rings is 1. The van der Waals surface area contributed by atoms with Crippen molar-refractivity contribution in [1.82, 2.24) is 5.32 Å². The summed E-state index contributed by atoms with van der Waals surface area (Å²) >= 11 is 3.26. The molecule has 0 saturated heterocycles. The average Bonchev–Trinajstić information content (AvgIpc) is 2.23. The molecule has 0 aliphatic heterocycles.